The zero-order chi connectivity index (χ0) is 23.1. The molecule has 0 spiro atoms. The molecule has 6 nitrogen and oxygen atoms in total. The first-order chi connectivity index (χ1) is 15.9. The minimum Gasteiger partial charge on any atom is -0.378 e. The van der Waals surface area contributed by atoms with Crippen molar-refractivity contribution in [2.75, 3.05) is 30.1 Å². The zero-order valence-electron chi connectivity index (χ0n) is 18.8. The highest BCUT2D eigenvalue weighted by molar-refractivity contribution is 8.00. The molecule has 5 aromatic rings. The molecular formula is C25H23N5OS2. The number of carbonyl (C=O) groups is 1. The lowest BCUT2D eigenvalue weighted by Gasteiger charge is -2.13. The zero-order valence-corrected chi connectivity index (χ0v) is 20.5. The van der Waals surface area contributed by atoms with Gasteiger partial charge in [0.2, 0.25) is 5.91 Å². The van der Waals surface area contributed by atoms with Gasteiger partial charge in [-0.1, -0.05) is 23.4 Å². The Morgan fingerprint density at radius 2 is 1.85 bits per heavy atom. The van der Waals surface area contributed by atoms with Gasteiger partial charge in [-0.15, -0.1) is 11.3 Å². The van der Waals surface area contributed by atoms with Gasteiger partial charge in [-0.25, -0.2) is 15.0 Å². The highest BCUT2D eigenvalue weighted by atomic mass is 32.2. The summed E-state index contributed by atoms with van der Waals surface area (Å²) in [5.41, 5.74) is 6.15. The van der Waals surface area contributed by atoms with E-state index < -0.39 is 0 Å². The molecule has 0 aliphatic heterocycles. The molecule has 1 N–H and O–H groups in total. The van der Waals surface area contributed by atoms with Gasteiger partial charge in [-0.3, -0.25) is 4.79 Å². The van der Waals surface area contributed by atoms with E-state index in [9.17, 15) is 4.79 Å². The molecule has 0 atom stereocenters. The number of thioether (sulfide) groups is 1. The molecule has 0 saturated heterocycles. The largest absolute Gasteiger partial charge is 0.378 e. The second-order valence-electron chi connectivity index (χ2n) is 8.23. The van der Waals surface area contributed by atoms with E-state index in [1.165, 1.54) is 22.9 Å². The predicted octanol–water partition coefficient (Wildman–Crippen LogP) is 5.81. The van der Waals surface area contributed by atoms with E-state index in [0.717, 1.165) is 47.7 Å². The number of thiophene rings is 1. The molecule has 0 radical (unpaired) electrons. The Kier molecular flexibility index (Phi) is 5.64. The van der Waals surface area contributed by atoms with E-state index in [4.69, 9.17) is 4.98 Å². The quantitative estimate of drug-likeness (QED) is 0.257. The SMILES string of the molecule is Cc1cc(C)c2nc3sc4c(SCC(=O)Nc5ccc(N(C)C)cc5)ncnc4c3cc2c1. The Morgan fingerprint density at radius 3 is 2.61 bits per heavy atom. The van der Waals surface area contributed by atoms with E-state index in [0.29, 0.717) is 0 Å². The number of hydrogen-bond donors (Lipinski definition) is 1. The van der Waals surface area contributed by atoms with Crippen molar-refractivity contribution in [3.63, 3.8) is 0 Å². The van der Waals surface area contributed by atoms with Crippen LogP contribution in [-0.2, 0) is 4.79 Å². The van der Waals surface area contributed by atoms with Crippen molar-refractivity contribution in [2.45, 2.75) is 18.9 Å². The van der Waals surface area contributed by atoms with Crippen LogP contribution in [0.25, 0.3) is 31.3 Å². The molecule has 3 heterocycles. The van der Waals surface area contributed by atoms with Crippen LogP contribution in [0.15, 0.2) is 53.8 Å². The standard InChI is InChI=1S/C25H23N5OS2/c1-14-9-15(2)21-16(10-14)11-19-22-23(33-24(19)29-21)25(27-13-26-22)32-12-20(31)28-17-5-7-18(8-6-17)30(3)4/h5-11,13H,12H2,1-4H3,(H,28,31). The van der Waals surface area contributed by atoms with Crippen molar-refractivity contribution in [3.05, 3.63) is 59.9 Å². The van der Waals surface area contributed by atoms with Crippen LogP contribution in [0.3, 0.4) is 0 Å². The van der Waals surface area contributed by atoms with Crippen LogP contribution in [-0.4, -0.2) is 40.7 Å². The molecule has 1 amide bonds. The Hall–Kier alpha value is -3.23. The van der Waals surface area contributed by atoms with E-state index in [-0.39, 0.29) is 11.7 Å². The van der Waals surface area contributed by atoms with Gasteiger partial charge in [0.25, 0.3) is 0 Å². The number of aryl methyl sites for hydroxylation is 2. The first kappa shape index (κ1) is 21.6. The third-order valence-electron chi connectivity index (χ3n) is 5.45. The van der Waals surface area contributed by atoms with Crippen molar-refractivity contribution in [2.24, 2.45) is 0 Å². The van der Waals surface area contributed by atoms with E-state index >= 15 is 0 Å². The van der Waals surface area contributed by atoms with E-state index in [1.54, 1.807) is 17.7 Å². The number of anilines is 2. The minimum absolute atomic E-state index is 0.0690. The van der Waals surface area contributed by atoms with Crippen LogP contribution in [0.4, 0.5) is 11.4 Å². The fourth-order valence-electron chi connectivity index (χ4n) is 3.90. The molecule has 3 aromatic heterocycles. The fraction of sp³-hybridized carbons (Fsp3) is 0.200. The number of rotatable bonds is 5. The van der Waals surface area contributed by atoms with Gasteiger partial charge in [0.1, 0.15) is 16.2 Å². The van der Waals surface area contributed by atoms with Crippen molar-refractivity contribution >= 4 is 71.7 Å². The molecule has 33 heavy (non-hydrogen) atoms. The summed E-state index contributed by atoms with van der Waals surface area (Å²) in [5, 5.41) is 5.91. The summed E-state index contributed by atoms with van der Waals surface area (Å²) in [6, 6.07) is 14.3. The van der Waals surface area contributed by atoms with Gasteiger partial charge in [0.15, 0.2) is 0 Å². The Balaban J connectivity index is 1.40. The molecule has 0 unspecified atom stereocenters. The smallest absolute Gasteiger partial charge is 0.234 e. The van der Waals surface area contributed by atoms with Crippen molar-refractivity contribution < 1.29 is 4.79 Å². The number of benzene rings is 2. The Morgan fingerprint density at radius 1 is 1.06 bits per heavy atom. The highest BCUT2D eigenvalue weighted by Gasteiger charge is 2.15. The Labute approximate surface area is 200 Å². The maximum absolute atomic E-state index is 12.5. The fourth-order valence-corrected chi connectivity index (χ4v) is 5.88. The lowest BCUT2D eigenvalue weighted by Crippen LogP contribution is -2.14. The number of fused-ring (bicyclic) bond motifs is 4. The van der Waals surface area contributed by atoms with Crippen LogP contribution in [0.5, 0.6) is 0 Å². The molecule has 0 bridgehead atoms. The predicted molar refractivity (Wildman–Crippen MR) is 140 cm³/mol. The van der Waals surface area contributed by atoms with Crippen LogP contribution in [0.1, 0.15) is 11.1 Å². The van der Waals surface area contributed by atoms with Gasteiger partial charge < -0.3 is 10.2 Å². The first-order valence-electron chi connectivity index (χ1n) is 10.5. The first-order valence-corrected chi connectivity index (χ1v) is 12.3. The van der Waals surface area contributed by atoms with Crippen LogP contribution in [0.2, 0.25) is 0 Å². The number of carbonyl (C=O) groups excluding carboxylic acids is 1. The summed E-state index contributed by atoms with van der Waals surface area (Å²) in [6.45, 7) is 4.19. The van der Waals surface area contributed by atoms with Crippen LogP contribution >= 0.6 is 23.1 Å². The van der Waals surface area contributed by atoms with E-state index in [2.05, 4.69) is 47.3 Å². The van der Waals surface area contributed by atoms with Crippen LogP contribution < -0.4 is 10.2 Å². The van der Waals surface area contributed by atoms with Gasteiger partial charge >= 0.3 is 0 Å². The topological polar surface area (TPSA) is 71.0 Å². The molecule has 2 aromatic carbocycles. The van der Waals surface area contributed by atoms with Crippen molar-refractivity contribution in [1.29, 1.82) is 0 Å². The molecule has 0 aliphatic rings. The summed E-state index contributed by atoms with van der Waals surface area (Å²) in [5.74, 6) is 0.198. The van der Waals surface area contributed by atoms with Gasteiger partial charge in [0, 0.05) is 36.2 Å². The normalized spacial score (nSPS) is 11.4. The maximum atomic E-state index is 12.5. The number of pyridine rings is 1. The van der Waals surface area contributed by atoms with Crippen molar-refractivity contribution in [3.8, 4) is 0 Å². The molecule has 8 heteroatoms. The van der Waals surface area contributed by atoms with Gasteiger partial charge in [0.05, 0.1) is 21.5 Å². The lowest BCUT2D eigenvalue weighted by atomic mass is 10.1. The molecular weight excluding hydrogens is 450 g/mol. The number of aromatic nitrogens is 3. The lowest BCUT2D eigenvalue weighted by molar-refractivity contribution is -0.113. The molecule has 0 saturated carbocycles. The Bertz CT molecular complexity index is 1510. The number of nitrogens with zero attached hydrogens (tertiary/aromatic N) is 4. The minimum atomic E-state index is -0.0690. The average Bonchev–Trinajstić information content (AvgIpc) is 3.15. The average molecular weight is 474 g/mol. The van der Waals surface area contributed by atoms with Crippen molar-refractivity contribution in [1.82, 2.24) is 15.0 Å². The second kappa shape index (κ2) is 8.61. The van der Waals surface area contributed by atoms with Gasteiger partial charge in [-0.2, -0.15) is 0 Å². The number of nitrogens with one attached hydrogen (secondary N) is 1. The summed E-state index contributed by atoms with van der Waals surface area (Å²) >= 11 is 3.00. The molecule has 0 aliphatic carbocycles. The molecule has 5 rings (SSSR count). The highest BCUT2D eigenvalue weighted by Crippen LogP contribution is 2.38. The summed E-state index contributed by atoms with van der Waals surface area (Å²) in [4.78, 5) is 29.4. The summed E-state index contributed by atoms with van der Waals surface area (Å²) in [7, 11) is 3.97. The van der Waals surface area contributed by atoms with E-state index in [1.807, 2.05) is 43.3 Å². The molecule has 166 valence electrons. The van der Waals surface area contributed by atoms with Crippen LogP contribution in [0, 0.1) is 13.8 Å². The monoisotopic (exact) mass is 473 g/mol. The number of amides is 1. The molecule has 0 fully saturated rings. The third kappa shape index (κ3) is 4.24. The summed E-state index contributed by atoms with van der Waals surface area (Å²) < 4.78 is 0.970. The third-order valence-corrected chi connectivity index (χ3v) is 7.66. The number of hydrogen-bond acceptors (Lipinski definition) is 7. The van der Waals surface area contributed by atoms with Gasteiger partial charge in [-0.05, 0) is 55.8 Å². The maximum Gasteiger partial charge on any atom is 0.234 e. The second-order valence-corrected chi connectivity index (χ2v) is 10.2. The summed E-state index contributed by atoms with van der Waals surface area (Å²) in [6.07, 6.45) is 1.57.